The maximum atomic E-state index is 13.2. The highest BCUT2D eigenvalue weighted by Gasteiger charge is 2.35. The molecule has 1 heterocycles. The van der Waals surface area contributed by atoms with Crippen molar-refractivity contribution in [3.8, 4) is 11.5 Å². The number of aryl methyl sites for hydroxylation is 2. The number of hydrogen-bond acceptors (Lipinski definition) is 5. The first-order chi connectivity index (χ1) is 16.6. The van der Waals surface area contributed by atoms with Gasteiger partial charge in [-0.1, -0.05) is 49.7 Å². The number of hydrogen-bond donors (Lipinski definition) is 1. The zero-order chi connectivity index (χ0) is 25.2. The zero-order valence-electron chi connectivity index (χ0n) is 20.6. The molecule has 5 nitrogen and oxygen atoms in total. The number of rotatable bonds is 7. The minimum absolute atomic E-state index is 0.155. The third kappa shape index (κ3) is 6.29. The normalized spacial score (nSPS) is 20.2. The number of phenolic OH excluding ortho intramolecular Hbond substituents is 1. The van der Waals surface area contributed by atoms with E-state index in [9.17, 15) is 9.67 Å². The Morgan fingerprint density at radius 3 is 2.54 bits per heavy atom. The van der Waals surface area contributed by atoms with Crippen molar-refractivity contribution in [1.82, 2.24) is 0 Å². The molecule has 0 aliphatic carbocycles. The van der Waals surface area contributed by atoms with Gasteiger partial charge >= 0.3 is 7.60 Å². The second-order valence-corrected chi connectivity index (χ2v) is 11.8. The van der Waals surface area contributed by atoms with Crippen molar-refractivity contribution in [3.63, 3.8) is 0 Å². The van der Waals surface area contributed by atoms with Crippen molar-refractivity contribution >= 4 is 19.2 Å². The lowest BCUT2D eigenvalue weighted by Crippen LogP contribution is -2.17. The number of halogens is 1. The van der Waals surface area contributed by atoms with E-state index in [1.165, 1.54) is 5.56 Å². The Bertz CT molecular complexity index is 1230. The van der Waals surface area contributed by atoms with E-state index in [4.69, 9.17) is 25.4 Å². The molecule has 3 aromatic rings. The molecular formula is C28H32ClO5P. The summed E-state index contributed by atoms with van der Waals surface area (Å²) in [5.41, 5.74) is 6.35. The van der Waals surface area contributed by atoms with Gasteiger partial charge in [0.15, 0.2) is 6.35 Å². The van der Waals surface area contributed by atoms with Crippen LogP contribution in [0.15, 0.2) is 54.6 Å². The molecule has 0 bridgehead atoms. The Kier molecular flexibility index (Phi) is 7.92. The van der Waals surface area contributed by atoms with Gasteiger partial charge in [-0.15, -0.1) is 0 Å². The van der Waals surface area contributed by atoms with E-state index in [1.807, 2.05) is 50.2 Å². The maximum absolute atomic E-state index is 13.2. The molecule has 0 spiro atoms. The average molecular weight is 515 g/mol. The van der Waals surface area contributed by atoms with E-state index >= 15 is 0 Å². The molecule has 1 aliphatic heterocycles. The first-order valence-electron chi connectivity index (χ1n) is 11.9. The summed E-state index contributed by atoms with van der Waals surface area (Å²) in [7, 11) is -3.42. The van der Waals surface area contributed by atoms with Crippen LogP contribution in [0.4, 0.5) is 0 Å². The molecule has 0 amide bonds. The van der Waals surface area contributed by atoms with Crippen molar-refractivity contribution in [3.05, 3.63) is 93.0 Å². The van der Waals surface area contributed by atoms with Gasteiger partial charge in [0, 0.05) is 11.4 Å². The third-order valence-electron chi connectivity index (χ3n) is 6.33. The molecule has 0 saturated carbocycles. The van der Waals surface area contributed by atoms with Gasteiger partial charge in [-0.3, -0.25) is 9.09 Å². The Hall–Kier alpha value is -2.30. The molecule has 7 heteroatoms. The Morgan fingerprint density at radius 2 is 1.86 bits per heavy atom. The monoisotopic (exact) mass is 514 g/mol. The zero-order valence-corrected chi connectivity index (χ0v) is 22.2. The fourth-order valence-corrected chi connectivity index (χ4v) is 6.13. The summed E-state index contributed by atoms with van der Waals surface area (Å²) in [6, 6.07) is 17.1. The highest BCUT2D eigenvalue weighted by molar-refractivity contribution is 7.53. The third-order valence-corrected chi connectivity index (χ3v) is 8.16. The molecule has 4 rings (SSSR count). The molecular weight excluding hydrogens is 483 g/mol. The summed E-state index contributed by atoms with van der Waals surface area (Å²) >= 11 is 6.11. The summed E-state index contributed by atoms with van der Waals surface area (Å²) in [4.78, 5) is 0. The van der Waals surface area contributed by atoms with Crippen LogP contribution in [0.3, 0.4) is 0 Å². The Morgan fingerprint density at radius 1 is 1.11 bits per heavy atom. The minimum atomic E-state index is -3.42. The Balaban J connectivity index is 1.45. The highest BCUT2D eigenvalue weighted by Crippen LogP contribution is 2.56. The van der Waals surface area contributed by atoms with E-state index in [0.717, 1.165) is 34.2 Å². The van der Waals surface area contributed by atoms with Crippen LogP contribution in [0, 0.1) is 13.8 Å². The molecule has 1 unspecified atom stereocenters. The Labute approximate surface area is 212 Å². The SMILES string of the molecule is Cc1cc(OCP2(=O)OCC[C@@H](c3cccc(Cl)c3)O2)cc(C)c1Cc1ccc(O)c(C(C)C)c1. The molecule has 0 aromatic heterocycles. The van der Waals surface area contributed by atoms with Crippen LogP contribution < -0.4 is 4.74 Å². The fourth-order valence-electron chi connectivity index (χ4n) is 4.43. The topological polar surface area (TPSA) is 65.0 Å². The quantitative estimate of drug-likeness (QED) is 0.323. The average Bonchev–Trinajstić information content (AvgIpc) is 2.81. The fraction of sp³-hybridized carbons (Fsp3) is 0.357. The van der Waals surface area contributed by atoms with Gasteiger partial charge in [-0.2, -0.15) is 0 Å². The van der Waals surface area contributed by atoms with Crippen molar-refractivity contribution in [1.29, 1.82) is 0 Å². The molecule has 1 saturated heterocycles. The van der Waals surface area contributed by atoms with Crippen molar-refractivity contribution in [2.45, 2.75) is 52.6 Å². The van der Waals surface area contributed by atoms with Gasteiger partial charge < -0.3 is 14.4 Å². The first-order valence-corrected chi connectivity index (χ1v) is 14.0. The molecule has 186 valence electrons. The smallest absolute Gasteiger partial charge is 0.368 e. The van der Waals surface area contributed by atoms with Crippen LogP contribution >= 0.6 is 19.2 Å². The predicted octanol–water partition coefficient (Wildman–Crippen LogP) is 8.08. The lowest BCUT2D eigenvalue weighted by Gasteiger charge is -2.30. The minimum Gasteiger partial charge on any atom is -0.508 e. The summed E-state index contributed by atoms with van der Waals surface area (Å²) in [5.74, 6) is 1.21. The van der Waals surface area contributed by atoms with Crippen LogP contribution in [0.1, 0.15) is 65.7 Å². The van der Waals surface area contributed by atoms with E-state index in [0.29, 0.717) is 29.5 Å². The molecule has 3 aromatic carbocycles. The molecule has 0 radical (unpaired) electrons. The second-order valence-electron chi connectivity index (χ2n) is 9.42. The maximum Gasteiger partial charge on any atom is 0.368 e. The van der Waals surface area contributed by atoms with Crippen molar-refractivity contribution in [2.75, 3.05) is 13.0 Å². The number of phenols is 1. The summed E-state index contributed by atoms with van der Waals surface area (Å²) in [6.07, 6.45) is 0.860. The highest BCUT2D eigenvalue weighted by atomic mass is 35.5. The second kappa shape index (κ2) is 10.8. The summed E-state index contributed by atoms with van der Waals surface area (Å²) < 4.78 is 30.6. The van der Waals surface area contributed by atoms with Crippen LogP contribution in [-0.2, 0) is 20.0 Å². The number of benzene rings is 3. The molecule has 1 N–H and O–H groups in total. The van der Waals surface area contributed by atoms with E-state index < -0.39 is 7.60 Å². The lowest BCUT2D eigenvalue weighted by molar-refractivity contribution is 0.0725. The van der Waals surface area contributed by atoms with Gasteiger partial charge in [0.05, 0.1) is 12.7 Å². The van der Waals surface area contributed by atoms with Crippen molar-refractivity contribution < 1.29 is 23.5 Å². The van der Waals surface area contributed by atoms with Gasteiger partial charge in [-0.25, -0.2) is 0 Å². The van der Waals surface area contributed by atoms with E-state index in [1.54, 1.807) is 12.1 Å². The number of aromatic hydroxyl groups is 1. The molecule has 1 fully saturated rings. The summed E-state index contributed by atoms with van der Waals surface area (Å²) in [6.45, 7) is 8.57. The van der Waals surface area contributed by atoms with Gasteiger partial charge in [0.1, 0.15) is 11.5 Å². The van der Waals surface area contributed by atoms with Crippen LogP contribution in [-0.4, -0.2) is 18.1 Å². The summed E-state index contributed by atoms with van der Waals surface area (Å²) in [5, 5.41) is 10.7. The van der Waals surface area contributed by atoms with Crippen LogP contribution in [0.25, 0.3) is 0 Å². The predicted molar refractivity (Wildman–Crippen MR) is 140 cm³/mol. The van der Waals surface area contributed by atoms with Gasteiger partial charge in [0.2, 0.25) is 0 Å². The number of ether oxygens (including phenoxy) is 1. The molecule has 35 heavy (non-hydrogen) atoms. The van der Waals surface area contributed by atoms with Gasteiger partial charge in [0.25, 0.3) is 0 Å². The molecule has 2 atom stereocenters. The van der Waals surface area contributed by atoms with Gasteiger partial charge in [-0.05, 0) is 89.9 Å². The van der Waals surface area contributed by atoms with Crippen molar-refractivity contribution in [2.24, 2.45) is 0 Å². The largest absolute Gasteiger partial charge is 0.508 e. The van der Waals surface area contributed by atoms with Crippen LogP contribution in [0.5, 0.6) is 11.5 Å². The van der Waals surface area contributed by atoms with Crippen LogP contribution in [0.2, 0.25) is 5.02 Å². The van der Waals surface area contributed by atoms with E-state index in [2.05, 4.69) is 19.9 Å². The standard InChI is InChI=1S/C28H32ClO5P/c1-18(2)25-14-21(8-9-27(25)30)15-26-19(3)12-24(13-20(26)4)32-17-35(31)33-11-10-28(34-35)22-6-5-7-23(29)16-22/h5-9,12-14,16,18,28,30H,10-11,15,17H2,1-4H3/t28-,35?/m0/s1. The lowest BCUT2D eigenvalue weighted by atomic mass is 9.93. The molecule has 1 aliphatic rings. The van der Waals surface area contributed by atoms with E-state index in [-0.39, 0.29) is 18.4 Å². The first kappa shape index (κ1) is 25.8.